The Labute approximate surface area is 155 Å². The van der Waals surface area contributed by atoms with Crippen LogP contribution in [0.1, 0.15) is 49.0 Å². The van der Waals surface area contributed by atoms with Crippen LogP contribution >= 0.6 is 11.3 Å². The zero-order valence-corrected chi connectivity index (χ0v) is 16.1. The summed E-state index contributed by atoms with van der Waals surface area (Å²) in [7, 11) is 0. The standard InChI is InChI=1S/C20H31N3OS/c24-20(23-10-6-17-8-15-25-19(17)16-23)7-9-21-11-13-22(14-12-21)18-4-2-1-3-5-18/h8,15,18H,1-7,9-14,16H2. The zero-order valence-electron chi connectivity index (χ0n) is 15.3. The number of nitrogens with zero attached hydrogens (tertiary/aromatic N) is 3. The largest absolute Gasteiger partial charge is 0.337 e. The van der Waals surface area contributed by atoms with Crippen LogP contribution in [0.25, 0.3) is 0 Å². The lowest BCUT2D eigenvalue weighted by molar-refractivity contribution is -0.132. The molecule has 138 valence electrons. The van der Waals surface area contributed by atoms with Crippen LogP contribution in [0.3, 0.4) is 0 Å². The molecule has 1 aromatic rings. The maximum atomic E-state index is 12.6. The smallest absolute Gasteiger partial charge is 0.224 e. The fourth-order valence-electron chi connectivity index (χ4n) is 4.66. The van der Waals surface area contributed by atoms with Crippen molar-refractivity contribution in [3.8, 4) is 0 Å². The summed E-state index contributed by atoms with van der Waals surface area (Å²) in [4.78, 5) is 21.2. The summed E-state index contributed by atoms with van der Waals surface area (Å²) in [6.45, 7) is 7.34. The van der Waals surface area contributed by atoms with Crippen LogP contribution in [-0.4, -0.2) is 65.9 Å². The molecule has 1 aliphatic carbocycles. The number of piperazine rings is 1. The average Bonchev–Trinajstić information content (AvgIpc) is 3.15. The van der Waals surface area contributed by atoms with Crippen LogP contribution < -0.4 is 0 Å². The molecule has 1 saturated carbocycles. The van der Waals surface area contributed by atoms with Gasteiger partial charge in [-0.15, -0.1) is 11.3 Å². The summed E-state index contributed by atoms with van der Waals surface area (Å²) in [5.74, 6) is 0.341. The van der Waals surface area contributed by atoms with Gasteiger partial charge in [0.15, 0.2) is 0 Å². The summed E-state index contributed by atoms with van der Waals surface area (Å²) in [6, 6.07) is 3.05. The Balaban J connectivity index is 1.19. The number of hydrogen-bond donors (Lipinski definition) is 0. The second-order valence-electron chi connectivity index (χ2n) is 7.85. The predicted molar refractivity (Wildman–Crippen MR) is 103 cm³/mol. The number of rotatable bonds is 4. The topological polar surface area (TPSA) is 26.8 Å². The fraction of sp³-hybridized carbons (Fsp3) is 0.750. The summed E-state index contributed by atoms with van der Waals surface area (Å²) in [6.07, 6.45) is 8.79. The first-order valence-electron chi connectivity index (χ1n) is 10.1. The van der Waals surface area contributed by atoms with E-state index in [9.17, 15) is 4.79 Å². The molecule has 0 bridgehead atoms. The van der Waals surface area contributed by atoms with E-state index < -0.39 is 0 Å². The minimum Gasteiger partial charge on any atom is -0.337 e. The normalized spacial score (nSPS) is 23.6. The van der Waals surface area contributed by atoms with Crippen LogP contribution in [-0.2, 0) is 17.8 Å². The molecule has 4 nitrogen and oxygen atoms in total. The van der Waals surface area contributed by atoms with Crippen molar-refractivity contribution in [2.24, 2.45) is 0 Å². The van der Waals surface area contributed by atoms with E-state index in [0.717, 1.165) is 45.2 Å². The summed E-state index contributed by atoms with van der Waals surface area (Å²) in [5.41, 5.74) is 1.45. The molecule has 0 radical (unpaired) electrons. The summed E-state index contributed by atoms with van der Waals surface area (Å²) >= 11 is 1.80. The average molecular weight is 362 g/mol. The minimum atomic E-state index is 0.341. The van der Waals surface area contributed by atoms with Crippen molar-refractivity contribution in [1.29, 1.82) is 0 Å². The molecule has 0 aromatic carbocycles. The molecule has 0 unspecified atom stereocenters. The summed E-state index contributed by atoms with van der Waals surface area (Å²) in [5, 5.41) is 2.16. The number of thiophene rings is 1. The van der Waals surface area contributed by atoms with Gasteiger partial charge in [-0.1, -0.05) is 19.3 Å². The Morgan fingerprint density at radius 3 is 2.68 bits per heavy atom. The first kappa shape index (κ1) is 17.5. The molecule has 1 amide bonds. The highest BCUT2D eigenvalue weighted by atomic mass is 32.1. The zero-order chi connectivity index (χ0) is 17.1. The minimum absolute atomic E-state index is 0.341. The maximum absolute atomic E-state index is 12.6. The molecule has 0 atom stereocenters. The molecule has 2 fully saturated rings. The molecule has 1 aromatic heterocycles. The Hall–Kier alpha value is -0.910. The van der Waals surface area contributed by atoms with Crippen molar-refractivity contribution >= 4 is 17.2 Å². The highest BCUT2D eigenvalue weighted by molar-refractivity contribution is 7.10. The van der Waals surface area contributed by atoms with Crippen molar-refractivity contribution in [3.05, 3.63) is 21.9 Å². The molecule has 0 N–H and O–H groups in total. The number of carbonyl (C=O) groups is 1. The number of carbonyl (C=O) groups excluding carboxylic acids is 1. The van der Waals surface area contributed by atoms with Gasteiger partial charge >= 0.3 is 0 Å². The van der Waals surface area contributed by atoms with Crippen LogP contribution in [0.5, 0.6) is 0 Å². The van der Waals surface area contributed by atoms with E-state index in [1.54, 1.807) is 11.3 Å². The molecule has 25 heavy (non-hydrogen) atoms. The predicted octanol–water partition coefficient (Wildman–Crippen LogP) is 2.97. The van der Waals surface area contributed by atoms with Crippen molar-refractivity contribution in [1.82, 2.24) is 14.7 Å². The van der Waals surface area contributed by atoms with Crippen LogP contribution in [0.2, 0.25) is 0 Å². The van der Waals surface area contributed by atoms with Gasteiger partial charge in [0, 0.05) is 56.6 Å². The molecular weight excluding hydrogens is 330 g/mol. The molecule has 4 rings (SSSR count). The highest BCUT2D eigenvalue weighted by Gasteiger charge is 2.26. The lowest BCUT2D eigenvalue weighted by Gasteiger charge is -2.40. The monoisotopic (exact) mass is 361 g/mol. The molecule has 3 aliphatic rings. The van der Waals surface area contributed by atoms with E-state index in [1.165, 1.54) is 55.6 Å². The van der Waals surface area contributed by atoms with Gasteiger partial charge in [0.2, 0.25) is 5.91 Å². The van der Waals surface area contributed by atoms with E-state index in [-0.39, 0.29) is 0 Å². The lowest BCUT2D eigenvalue weighted by Crippen LogP contribution is -2.51. The summed E-state index contributed by atoms with van der Waals surface area (Å²) < 4.78 is 0. The van der Waals surface area contributed by atoms with Crippen molar-refractivity contribution in [2.75, 3.05) is 39.3 Å². The third-order valence-corrected chi connectivity index (χ3v) is 7.26. The van der Waals surface area contributed by atoms with E-state index in [0.29, 0.717) is 12.3 Å². The van der Waals surface area contributed by atoms with Crippen LogP contribution in [0.4, 0.5) is 0 Å². The van der Waals surface area contributed by atoms with Crippen LogP contribution in [0.15, 0.2) is 11.4 Å². The quantitative estimate of drug-likeness (QED) is 0.825. The highest BCUT2D eigenvalue weighted by Crippen LogP contribution is 2.25. The molecule has 0 spiro atoms. The number of amides is 1. The van der Waals surface area contributed by atoms with Crippen LogP contribution in [0, 0.1) is 0 Å². The third kappa shape index (κ3) is 4.26. The number of hydrogen-bond acceptors (Lipinski definition) is 4. The van der Waals surface area contributed by atoms with Crippen molar-refractivity contribution in [2.45, 2.75) is 57.5 Å². The van der Waals surface area contributed by atoms with Crippen molar-refractivity contribution < 1.29 is 4.79 Å². The fourth-order valence-corrected chi connectivity index (χ4v) is 5.61. The molecule has 3 heterocycles. The van der Waals surface area contributed by atoms with Gasteiger partial charge < -0.3 is 9.80 Å². The van der Waals surface area contributed by atoms with E-state index in [2.05, 4.69) is 26.1 Å². The van der Waals surface area contributed by atoms with Gasteiger partial charge in [0.1, 0.15) is 0 Å². The molecule has 2 aliphatic heterocycles. The number of fused-ring (bicyclic) bond motifs is 1. The van der Waals surface area contributed by atoms with E-state index >= 15 is 0 Å². The first-order valence-corrected chi connectivity index (χ1v) is 11.0. The lowest BCUT2D eigenvalue weighted by atomic mass is 9.94. The Kier molecular flexibility index (Phi) is 5.73. The van der Waals surface area contributed by atoms with E-state index in [4.69, 9.17) is 0 Å². The first-order chi connectivity index (χ1) is 12.3. The maximum Gasteiger partial charge on any atom is 0.224 e. The van der Waals surface area contributed by atoms with Crippen molar-refractivity contribution in [3.63, 3.8) is 0 Å². The SMILES string of the molecule is O=C(CCN1CCN(C2CCCCC2)CC1)N1CCc2ccsc2C1. The Morgan fingerprint density at radius 2 is 1.88 bits per heavy atom. The van der Waals surface area contributed by atoms with Gasteiger partial charge in [-0.2, -0.15) is 0 Å². The van der Waals surface area contributed by atoms with E-state index in [1.807, 2.05) is 0 Å². The van der Waals surface area contributed by atoms with Gasteiger partial charge in [0.25, 0.3) is 0 Å². The molecule has 5 heteroatoms. The second kappa shape index (κ2) is 8.19. The van der Waals surface area contributed by atoms with Gasteiger partial charge in [-0.25, -0.2) is 0 Å². The van der Waals surface area contributed by atoms with Gasteiger partial charge in [0.05, 0.1) is 6.54 Å². The molecular formula is C20H31N3OS. The van der Waals surface area contributed by atoms with Gasteiger partial charge in [-0.05, 0) is 36.3 Å². The Morgan fingerprint density at radius 1 is 1.08 bits per heavy atom. The Bertz CT molecular complexity index is 573. The third-order valence-electron chi connectivity index (χ3n) is 6.32. The van der Waals surface area contributed by atoms with Gasteiger partial charge in [-0.3, -0.25) is 9.69 Å². The second-order valence-corrected chi connectivity index (χ2v) is 8.85. The molecule has 1 saturated heterocycles.